The molecule has 0 aromatic carbocycles. The normalized spacial score (nSPS) is 10.4. The molecule has 1 N–H and O–H groups in total. The molecule has 0 aliphatic heterocycles. The van der Waals surface area contributed by atoms with Gasteiger partial charge in [0.2, 0.25) is 0 Å². The van der Waals surface area contributed by atoms with Gasteiger partial charge in [-0.1, -0.05) is 13.0 Å². The average molecular weight is 338 g/mol. The molecular weight excluding hydrogens is 322 g/mol. The summed E-state index contributed by atoms with van der Waals surface area (Å²) in [6, 6.07) is 8.01. The van der Waals surface area contributed by atoms with Gasteiger partial charge in [-0.25, -0.2) is 9.97 Å². The lowest BCUT2D eigenvalue weighted by Gasteiger charge is -2.10. The first-order valence-corrected chi connectivity index (χ1v) is 8.00. The van der Waals surface area contributed by atoms with Crippen LogP contribution in [0.1, 0.15) is 18.9 Å². The van der Waals surface area contributed by atoms with Gasteiger partial charge in [-0.3, -0.25) is 0 Å². The standard InChI is InChI=1S/C14H16BrN3S/c1-2-7-16-13-11(5-3-8-17-13)10-19-14-12(15)6-4-9-18-14/h3-6,8-9H,2,7,10H2,1H3,(H,16,17). The molecule has 0 bridgehead atoms. The van der Waals surface area contributed by atoms with E-state index in [0.29, 0.717) is 0 Å². The highest BCUT2D eigenvalue weighted by Crippen LogP contribution is 2.29. The molecule has 19 heavy (non-hydrogen) atoms. The van der Waals surface area contributed by atoms with Crippen LogP contribution in [0.3, 0.4) is 0 Å². The average Bonchev–Trinajstić information content (AvgIpc) is 2.45. The number of pyridine rings is 2. The Bertz CT molecular complexity index is 534. The van der Waals surface area contributed by atoms with Crippen LogP contribution in [0.15, 0.2) is 46.2 Å². The van der Waals surface area contributed by atoms with Crippen LogP contribution in [-0.4, -0.2) is 16.5 Å². The summed E-state index contributed by atoms with van der Waals surface area (Å²) < 4.78 is 1.03. The lowest BCUT2D eigenvalue weighted by atomic mass is 10.3. The molecule has 0 radical (unpaired) electrons. The second kappa shape index (κ2) is 7.50. The van der Waals surface area contributed by atoms with Gasteiger partial charge >= 0.3 is 0 Å². The molecule has 0 atom stereocenters. The van der Waals surface area contributed by atoms with E-state index in [-0.39, 0.29) is 0 Å². The number of thioether (sulfide) groups is 1. The van der Waals surface area contributed by atoms with E-state index in [1.807, 2.05) is 30.6 Å². The second-order valence-electron chi connectivity index (χ2n) is 4.02. The fourth-order valence-corrected chi connectivity index (χ4v) is 3.05. The highest BCUT2D eigenvalue weighted by atomic mass is 79.9. The van der Waals surface area contributed by atoms with Crippen LogP contribution < -0.4 is 5.32 Å². The summed E-state index contributed by atoms with van der Waals surface area (Å²) in [6.07, 6.45) is 4.73. The Labute approximate surface area is 126 Å². The van der Waals surface area contributed by atoms with Crippen LogP contribution in [0.2, 0.25) is 0 Å². The minimum atomic E-state index is 0.857. The summed E-state index contributed by atoms with van der Waals surface area (Å²) >= 11 is 5.23. The molecule has 0 saturated heterocycles. The summed E-state index contributed by atoms with van der Waals surface area (Å²) in [5, 5.41) is 4.36. The Kier molecular flexibility index (Phi) is 5.66. The van der Waals surface area contributed by atoms with Crippen LogP contribution in [0.5, 0.6) is 0 Å². The van der Waals surface area contributed by atoms with Crippen molar-refractivity contribution in [3.05, 3.63) is 46.7 Å². The van der Waals surface area contributed by atoms with E-state index >= 15 is 0 Å². The first-order valence-electron chi connectivity index (χ1n) is 6.22. The van der Waals surface area contributed by atoms with E-state index in [1.165, 1.54) is 5.56 Å². The topological polar surface area (TPSA) is 37.8 Å². The van der Waals surface area contributed by atoms with Gasteiger partial charge < -0.3 is 5.32 Å². The highest BCUT2D eigenvalue weighted by molar-refractivity contribution is 9.10. The second-order valence-corrected chi connectivity index (χ2v) is 5.84. The van der Waals surface area contributed by atoms with Crippen LogP contribution in [-0.2, 0) is 5.75 Å². The summed E-state index contributed by atoms with van der Waals surface area (Å²) in [7, 11) is 0. The predicted octanol–water partition coefficient (Wildman–Crippen LogP) is 4.35. The first-order chi connectivity index (χ1) is 9.31. The zero-order chi connectivity index (χ0) is 13.5. The van der Waals surface area contributed by atoms with Crippen molar-refractivity contribution >= 4 is 33.5 Å². The Morgan fingerprint density at radius 3 is 2.79 bits per heavy atom. The lowest BCUT2D eigenvalue weighted by molar-refractivity contribution is 0.964. The first kappa shape index (κ1) is 14.3. The van der Waals surface area contributed by atoms with E-state index in [0.717, 1.165) is 34.0 Å². The molecule has 100 valence electrons. The highest BCUT2D eigenvalue weighted by Gasteiger charge is 2.06. The summed E-state index contributed by atoms with van der Waals surface area (Å²) in [5.74, 6) is 1.83. The van der Waals surface area contributed by atoms with Crippen molar-refractivity contribution in [3.8, 4) is 0 Å². The predicted molar refractivity (Wildman–Crippen MR) is 84.5 cm³/mol. The molecule has 0 saturated carbocycles. The minimum absolute atomic E-state index is 0.857. The van der Waals surface area contributed by atoms with Gasteiger partial charge in [0.05, 0.1) is 0 Å². The zero-order valence-electron chi connectivity index (χ0n) is 10.8. The van der Waals surface area contributed by atoms with Gasteiger partial charge in [0.1, 0.15) is 10.8 Å². The third-order valence-electron chi connectivity index (χ3n) is 2.52. The van der Waals surface area contributed by atoms with Gasteiger partial charge in [0.25, 0.3) is 0 Å². The SMILES string of the molecule is CCCNc1ncccc1CSc1ncccc1Br. The Hall–Kier alpha value is -1.07. The number of rotatable bonds is 6. The van der Waals surface area contributed by atoms with Crippen LogP contribution in [0, 0.1) is 0 Å². The van der Waals surface area contributed by atoms with Crippen molar-refractivity contribution in [2.24, 2.45) is 0 Å². The van der Waals surface area contributed by atoms with Crippen LogP contribution >= 0.6 is 27.7 Å². The molecule has 0 aliphatic carbocycles. The fraction of sp³-hybridized carbons (Fsp3) is 0.286. The molecule has 0 fully saturated rings. The van der Waals surface area contributed by atoms with Gasteiger partial charge in [0.15, 0.2) is 0 Å². The number of aromatic nitrogens is 2. The summed E-state index contributed by atoms with van der Waals surface area (Å²) in [6.45, 7) is 3.09. The van der Waals surface area contributed by atoms with Gasteiger partial charge in [-0.15, -0.1) is 11.8 Å². The Morgan fingerprint density at radius 1 is 1.21 bits per heavy atom. The molecule has 0 unspecified atom stereocenters. The summed E-state index contributed by atoms with van der Waals surface area (Å²) in [4.78, 5) is 8.75. The van der Waals surface area contributed by atoms with E-state index in [1.54, 1.807) is 11.8 Å². The Balaban J connectivity index is 2.05. The molecular formula is C14H16BrN3S. The van der Waals surface area contributed by atoms with Crippen LogP contribution in [0.25, 0.3) is 0 Å². The number of hydrogen-bond acceptors (Lipinski definition) is 4. The van der Waals surface area contributed by atoms with Crippen molar-refractivity contribution in [2.45, 2.75) is 24.1 Å². The molecule has 3 nitrogen and oxygen atoms in total. The molecule has 0 aliphatic rings. The smallest absolute Gasteiger partial charge is 0.129 e. The van der Waals surface area contributed by atoms with Crippen molar-refractivity contribution < 1.29 is 0 Å². The third kappa shape index (κ3) is 4.21. The van der Waals surface area contributed by atoms with Crippen LogP contribution in [0.4, 0.5) is 5.82 Å². The molecule has 2 aromatic heterocycles. The lowest BCUT2D eigenvalue weighted by Crippen LogP contribution is -2.04. The van der Waals surface area contributed by atoms with Crippen molar-refractivity contribution in [1.29, 1.82) is 0 Å². The largest absolute Gasteiger partial charge is 0.370 e. The molecule has 2 heterocycles. The number of anilines is 1. The third-order valence-corrected chi connectivity index (χ3v) is 4.48. The number of halogens is 1. The van der Waals surface area contributed by atoms with Crippen molar-refractivity contribution in [3.63, 3.8) is 0 Å². The van der Waals surface area contributed by atoms with E-state index in [2.05, 4.69) is 44.2 Å². The zero-order valence-corrected chi connectivity index (χ0v) is 13.2. The van der Waals surface area contributed by atoms with Gasteiger partial charge in [0, 0.05) is 34.7 Å². The van der Waals surface area contributed by atoms with E-state index in [4.69, 9.17) is 0 Å². The Morgan fingerprint density at radius 2 is 2.00 bits per heavy atom. The molecule has 0 spiro atoms. The molecule has 5 heteroatoms. The number of hydrogen-bond donors (Lipinski definition) is 1. The number of nitrogens with one attached hydrogen (secondary N) is 1. The molecule has 0 amide bonds. The van der Waals surface area contributed by atoms with E-state index < -0.39 is 0 Å². The maximum atomic E-state index is 4.39. The quantitative estimate of drug-likeness (QED) is 0.795. The minimum Gasteiger partial charge on any atom is -0.370 e. The van der Waals surface area contributed by atoms with Gasteiger partial charge in [-0.05, 0) is 40.5 Å². The van der Waals surface area contributed by atoms with Crippen molar-refractivity contribution in [1.82, 2.24) is 9.97 Å². The maximum absolute atomic E-state index is 4.39. The fourth-order valence-electron chi connectivity index (χ4n) is 1.58. The molecule has 2 rings (SSSR count). The van der Waals surface area contributed by atoms with Gasteiger partial charge in [-0.2, -0.15) is 0 Å². The molecule has 2 aromatic rings. The van der Waals surface area contributed by atoms with E-state index in [9.17, 15) is 0 Å². The van der Waals surface area contributed by atoms with Crippen molar-refractivity contribution in [2.75, 3.05) is 11.9 Å². The number of nitrogens with zero attached hydrogens (tertiary/aromatic N) is 2. The summed E-state index contributed by atoms with van der Waals surface area (Å²) in [5.41, 5.74) is 1.21. The monoisotopic (exact) mass is 337 g/mol. The maximum Gasteiger partial charge on any atom is 0.129 e.